The number of aromatic nitrogens is 3. The van der Waals surface area contributed by atoms with Crippen molar-refractivity contribution in [3.05, 3.63) is 68.1 Å². The summed E-state index contributed by atoms with van der Waals surface area (Å²) < 4.78 is 15.1. The topological polar surface area (TPSA) is 108 Å². The number of amides is 1. The molecule has 0 radical (unpaired) electrons. The molecule has 0 spiro atoms. The third-order valence-electron chi connectivity index (χ3n) is 7.81. The maximum absolute atomic E-state index is 13.0. The van der Waals surface area contributed by atoms with E-state index in [2.05, 4.69) is 10.4 Å². The minimum absolute atomic E-state index is 0.133. The van der Waals surface area contributed by atoms with Crippen LogP contribution in [0.25, 0.3) is 22.0 Å². The van der Waals surface area contributed by atoms with Gasteiger partial charge in [-0.05, 0) is 103 Å². The van der Waals surface area contributed by atoms with E-state index in [4.69, 9.17) is 32.7 Å². The molecule has 2 N–H and O–H groups in total. The lowest BCUT2D eigenvalue weighted by Crippen LogP contribution is -2.35. The molecule has 2 heterocycles. The number of ether oxygens (including phenoxy) is 2. The molecule has 0 aliphatic carbocycles. The van der Waals surface area contributed by atoms with E-state index in [0.717, 1.165) is 33.5 Å². The molecule has 242 valence electrons. The maximum Gasteiger partial charge on any atom is 0.407 e. The Balaban J connectivity index is 1.81. The molecule has 1 amide bonds. The summed E-state index contributed by atoms with van der Waals surface area (Å²) in [7, 11) is 1.87. The van der Waals surface area contributed by atoms with Gasteiger partial charge >= 0.3 is 12.1 Å². The fraction of sp³-hybridized carbons (Fsp3) is 0.441. The number of carboxylic acid groups (broad SMARTS) is 1. The highest BCUT2D eigenvalue weighted by atomic mass is 35.5. The molecule has 0 saturated carbocycles. The van der Waals surface area contributed by atoms with Gasteiger partial charge in [0, 0.05) is 46.9 Å². The number of rotatable bonds is 10. The number of fused-ring (bicyclic) bond motifs is 1. The highest BCUT2D eigenvalue weighted by molar-refractivity contribution is 6.35. The molecule has 9 nitrogen and oxygen atoms in total. The van der Waals surface area contributed by atoms with Gasteiger partial charge in [-0.3, -0.25) is 4.68 Å². The summed E-state index contributed by atoms with van der Waals surface area (Å²) in [6.07, 6.45) is 0.424. The Morgan fingerprint density at radius 2 is 1.71 bits per heavy atom. The fourth-order valence-electron chi connectivity index (χ4n) is 5.81. The third kappa shape index (κ3) is 7.25. The number of hydrogen-bond acceptors (Lipinski definition) is 5. The van der Waals surface area contributed by atoms with Crippen molar-refractivity contribution in [3.8, 4) is 16.9 Å². The van der Waals surface area contributed by atoms with Crippen molar-refractivity contribution in [2.24, 2.45) is 7.05 Å². The van der Waals surface area contributed by atoms with E-state index in [1.807, 2.05) is 65.9 Å². The van der Waals surface area contributed by atoms with E-state index in [1.165, 1.54) is 0 Å². The summed E-state index contributed by atoms with van der Waals surface area (Å²) in [6.45, 7) is 15.5. The predicted octanol–water partition coefficient (Wildman–Crippen LogP) is 8.38. The average molecular weight is 658 g/mol. The first-order valence-electron chi connectivity index (χ1n) is 15.0. The van der Waals surface area contributed by atoms with Gasteiger partial charge in [-0.15, -0.1) is 0 Å². The van der Waals surface area contributed by atoms with Crippen LogP contribution in [0.3, 0.4) is 0 Å². The molecule has 11 heteroatoms. The number of aromatic carboxylic acids is 1. The number of carbonyl (C=O) groups is 2. The molecule has 4 rings (SSSR count). The van der Waals surface area contributed by atoms with Crippen LogP contribution in [0.5, 0.6) is 5.75 Å². The first-order chi connectivity index (χ1) is 21.0. The van der Waals surface area contributed by atoms with E-state index in [0.29, 0.717) is 51.9 Å². The summed E-state index contributed by atoms with van der Waals surface area (Å²) >= 11 is 13.2. The van der Waals surface area contributed by atoms with Crippen LogP contribution < -0.4 is 10.1 Å². The Morgan fingerprint density at radius 1 is 1.07 bits per heavy atom. The maximum atomic E-state index is 13.0. The lowest BCUT2D eigenvalue weighted by atomic mass is 9.98. The van der Waals surface area contributed by atoms with Crippen molar-refractivity contribution in [1.29, 1.82) is 0 Å². The normalized spacial score (nSPS) is 12.4. The van der Waals surface area contributed by atoms with Crippen molar-refractivity contribution in [2.45, 2.75) is 79.9 Å². The van der Waals surface area contributed by atoms with Gasteiger partial charge in [-0.25, -0.2) is 9.59 Å². The Hall–Kier alpha value is -3.69. The quantitative estimate of drug-likeness (QED) is 0.166. The molecule has 2 aromatic heterocycles. The van der Waals surface area contributed by atoms with Crippen molar-refractivity contribution in [3.63, 3.8) is 0 Å². The Bertz CT molecular complexity index is 1740. The van der Waals surface area contributed by atoms with Gasteiger partial charge in [-0.1, -0.05) is 29.3 Å². The second kappa shape index (κ2) is 13.3. The minimum Gasteiger partial charge on any atom is -0.494 e. The van der Waals surface area contributed by atoms with Crippen LogP contribution in [0, 0.1) is 27.7 Å². The summed E-state index contributed by atoms with van der Waals surface area (Å²) in [5, 5.41) is 20.1. The Labute approximate surface area is 274 Å². The number of carboxylic acids is 1. The number of nitrogens with zero attached hydrogens (tertiary/aromatic N) is 3. The number of benzene rings is 2. The van der Waals surface area contributed by atoms with E-state index in [9.17, 15) is 14.7 Å². The van der Waals surface area contributed by atoms with Crippen LogP contribution in [-0.2, 0) is 18.2 Å². The zero-order valence-electron chi connectivity index (χ0n) is 27.4. The first-order valence-corrected chi connectivity index (χ1v) is 15.7. The third-order valence-corrected chi connectivity index (χ3v) is 8.72. The van der Waals surface area contributed by atoms with Gasteiger partial charge in [0.1, 0.15) is 17.0 Å². The predicted molar refractivity (Wildman–Crippen MR) is 179 cm³/mol. The average Bonchev–Trinajstić information content (AvgIpc) is 3.40. The molecular formula is C34H42Cl2N4O5. The molecule has 45 heavy (non-hydrogen) atoms. The summed E-state index contributed by atoms with van der Waals surface area (Å²) in [5.74, 6) is -0.356. The SMILES string of the molecule is Cc1cc(OCCCc2c(C(=O)O)n([C@H](C)CNC(=O)OC(C)(C)C)c3c(-c4c(C)nn(C)c4C)c(Cl)ccc23)cc(C)c1Cl. The lowest BCUT2D eigenvalue weighted by Gasteiger charge is -2.23. The van der Waals surface area contributed by atoms with Gasteiger partial charge in [0.05, 0.1) is 22.8 Å². The highest BCUT2D eigenvalue weighted by Crippen LogP contribution is 2.43. The van der Waals surface area contributed by atoms with E-state index in [1.54, 1.807) is 30.0 Å². The van der Waals surface area contributed by atoms with Crippen LogP contribution >= 0.6 is 23.2 Å². The molecular weight excluding hydrogens is 615 g/mol. The Kier molecular flexibility index (Phi) is 10.1. The Morgan fingerprint density at radius 3 is 2.27 bits per heavy atom. The molecule has 1 atom stereocenters. The summed E-state index contributed by atoms with van der Waals surface area (Å²) in [6, 6.07) is 7.02. The second-order valence-corrected chi connectivity index (χ2v) is 13.3. The molecule has 4 aromatic rings. The number of hydrogen-bond donors (Lipinski definition) is 2. The minimum atomic E-state index is -1.07. The van der Waals surface area contributed by atoms with E-state index < -0.39 is 23.7 Å². The van der Waals surface area contributed by atoms with Gasteiger partial charge in [0.2, 0.25) is 0 Å². The van der Waals surface area contributed by atoms with Gasteiger partial charge in [0.25, 0.3) is 0 Å². The van der Waals surface area contributed by atoms with E-state index >= 15 is 0 Å². The molecule has 0 aliphatic heterocycles. The monoisotopic (exact) mass is 656 g/mol. The molecule has 0 unspecified atom stereocenters. The lowest BCUT2D eigenvalue weighted by molar-refractivity contribution is 0.0521. The molecule has 0 bridgehead atoms. The van der Waals surface area contributed by atoms with Crippen molar-refractivity contribution < 1.29 is 24.2 Å². The van der Waals surface area contributed by atoms with Crippen LogP contribution in [0.1, 0.15) is 78.7 Å². The summed E-state index contributed by atoms with van der Waals surface area (Å²) in [4.78, 5) is 25.6. The number of halogens is 2. The zero-order valence-corrected chi connectivity index (χ0v) is 28.9. The summed E-state index contributed by atoms with van der Waals surface area (Å²) in [5.41, 5.74) is 5.91. The number of aryl methyl sites for hydroxylation is 5. The molecule has 2 aromatic carbocycles. The van der Waals surface area contributed by atoms with Crippen LogP contribution in [0.15, 0.2) is 24.3 Å². The van der Waals surface area contributed by atoms with Crippen molar-refractivity contribution in [2.75, 3.05) is 13.2 Å². The highest BCUT2D eigenvalue weighted by Gasteiger charge is 2.30. The largest absolute Gasteiger partial charge is 0.494 e. The van der Waals surface area contributed by atoms with Crippen molar-refractivity contribution >= 4 is 46.2 Å². The van der Waals surface area contributed by atoms with Crippen LogP contribution in [0.4, 0.5) is 4.79 Å². The second-order valence-electron chi connectivity index (χ2n) is 12.5. The molecule has 0 fully saturated rings. The van der Waals surface area contributed by atoms with Gasteiger partial charge in [0.15, 0.2) is 0 Å². The zero-order chi connectivity index (χ0) is 33.4. The smallest absolute Gasteiger partial charge is 0.407 e. The van der Waals surface area contributed by atoms with Gasteiger partial charge < -0.3 is 24.5 Å². The number of carbonyl (C=O) groups excluding carboxylic acids is 1. The van der Waals surface area contributed by atoms with Crippen molar-refractivity contribution in [1.82, 2.24) is 19.7 Å². The van der Waals surface area contributed by atoms with Crippen LogP contribution in [-0.4, -0.2) is 50.3 Å². The number of nitrogens with one attached hydrogen (secondary N) is 1. The molecule has 0 aliphatic rings. The van der Waals surface area contributed by atoms with Crippen LogP contribution in [0.2, 0.25) is 10.0 Å². The molecule has 0 saturated heterocycles. The van der Waals surface area contributed by atoms with E-state index in [-0.39, 0.29) is 12.2 Å². The van der Waals surface area contributed by atoms with Gasteiger partial charge in [-0.2, -0.15) is 5.10 Å². The fourth-order valence-corrected chi connectivity index (χ4v) is 6.17. The first kappa shape index (κ1) is 34.2. The number of alkyl carbamates (subject to hydrolysis) is 1. The standard InChI is InChI=1S/C34H42Cl2N4O5/c1-18-15-23(16-19(2)29(18)36)44-14-10-11-24-25-12-13-26(35)28(27-21(4)38-39(9)22(27)5)30(25)40(31(24)32(41)42)20(3)17-37-33(43)45-34(6,7)8/h12-13,15-16,20H,10-11,14,17H2,1-9H3,(H,37,43)(H,41,42)/t20-/m1/s1.